The molecular weight excluding hydrogens is 254 g/mol. The molecular formula is C15H17N3O2. The summed E-state index contributed by atoms with van der Waals surface area (Å²) in [6, 6.07) is 9.54. The monoisotopic (exact) mass is 271 g/mol. The molecule has 0 amide bonds. The fourth-order valence-electron chi connectivity index (χ4n) is 2.42. The molecule has 0 aliphatic carbocycles. The largest absolute Gasteiger partial charge is 0.488 e. The molecule has 1 unspecified atom stereocenters. The summed E-state index contributed by atoms with van der Waals surface area (Å²) in [5, 5.41) is 7.26. The Morgan fingerprint density at radius 2 is 2.30 bits per heavy atom. The second-order valence-electron chi connectivity index (χ2n) is 4.85. The molecule has 2 aromatic rings. The lowest BCUT2D eigenvalue weighted by Crippen LogP contribution is -2.30. The summed E-state index contributed by atoms with van der Waals surface area (Å²) in [6.45, 7) is 3.22. The van der Waals surface area contributed by atoms with Crippen LogP contribution >= 0.6 is 0 Å². The Balaban J connectivity index is 1.72. The van der Waals surface area contributed by atoms with Crippen LogP contribution in [0, 0.1) is 0 Å². The van der Waals surface area contributed by atoms with Gasteiger partial charge in [-0.05, 0) is 18.6 Å². The number of para-hydroxylation sites is 1. The van der Waals surface area contributed by atoms with Gasteiger partial charge in [-0.25, -0.2) is 4.68 Å². The van der Waals surface area contributed by atoms with Gasteiger partial charge in [0.15, 0.2) is 0 Å². The van der Waals surface area contributed by atoms with Crippen molar-refractivity contribution in [1.29, 1.82) is 0 Å². The Morgan fingerprint density at radius 3 is 3.05 bits per heavy atom. The molecule has 2 heterocycles. The molecule has 1 aromatic heterocycles. The minimum atomic E-state index is -0.108. The lowest BCUT2D eigenvalue weighted by atomic mass is 10.1. The number of nitrogens with one attached hydrogen (secondary N) is 1. The average Bonchev–Trinajstić information content (AvgIpc) is 2.84. The Bertz CT molecular complexity index is 641. The van der Waals surface area contributed by atoms with Crippen LogP contribution in [0.5, 0.6) is 5.75 Å². The van der Waals surface area contributed by atoms with E-state index < -0.39 is 0 Å². The second kappa shape index (κ2) is 5.36. The number of aromatic nitrogens is 2. The summed E-state index contributed by atoms with van der Waals surface area (Å²) in [5.74, 6) is 0.912. The van der Waals surface area contributed by atoms with Crippen molar-refractivity contribution in [2.75, 3.05) is 11.9 Å². The Kier molecular flexibility index (Phi) is 3.41. The molecule has 1 aliphatic heterocycles. The van der Waals surface area contributed by atoms with Crippen LogP contribution in [0.2, 0.25) is 0 Å². The average molecular weight is 271 g/mol. The molecule has 5 heteroatoms. The van der Waals surface area contributed by atoms with Gasteiger partial charge >= 0.3 is 0 Å². The summed E-state index contributed by atoms with van der Waals surface area (Å²) in [4.78, 5) is 12.0. The van der Waals surface area contributed by atoms with Crippen molar-refractivity contribution in [3.8, 4) is 5.75 Å². The van der Waals surface area contributed by atoms with Crippen LogP contribution in [0.3, 0.4) is 0 Å². The first-order valence-electron chi connectivity index (χ1n) is 6.82. The first-order chi connectivity index (χ1) is 9.76. The van der Waals surface area contributed by atoms with Crippen LogP contribution in [0.15, 0.2) is 41.3 Å². The van der Waals surface area contributed by atoms with E-state index in [1.807, 2.05) is 25.1 Å². The predicted molar refractivity (Wildman–Crippen MR) is 77.2 cm³/mol. The molecule has 0 bridgehead atoms. The zero-order valence-corrected chi connectivity index (χ0v) is 11.4. The zero-order chi connectivity index (χ0) is 13.9. The van der Waals surface area contributed by atoms with Crippen molar-refractivity contribution in [2.45, 2.75) is 26.0 Å². The summed E-state index contributed by atoms with van der Waals surface area (Å²) in [5.41, 5.74) is 1.84. The molecule has 0 radical (unpaired) electrons. The fraction of sp³-hybridized carbons (Fsp3) is 0.333. The maximum Gasteiger partial charge on any atom is 0.268 e. The van der Waals surface area contributed by atoms with Crippen LogP contribution in [0.1, 0.15) is 12.5 Å². The molecule has 1 aromatic carbocycles. The van der Waals surface area contributed by atoms with E-state index in [4.69, 9.17) is 4.74 Å². The Hall–Kier alpha value is -2.30. The molecule has 5 nitrogen and oxygen atoms in total. The highest BCUT2D eigenvalue weighted by atomic mass is 16.5. The van der Waals surface area contributed by atoms with Crippen LogP contribution < -0.4 is 15.6 Å². The maximum atomic E-state index is 12.0. The third-order valence-corrected chi connectivity index (χ3v) is 3.34. The van der Waals surface area contributed by atoms with Gasteiger partial charge in [-0.3, -0.25) is 4.79 Å². The summed E-state index contributed by atoms with van der Waals surface area (Å²) < 4.78 is 7.28. The molecule has 1 N–H and O–H groups in total. The van der Waals surface area contributed by atoms with Gasteiger partial charge in [-0.1, -0.05) is 18.2 Å². The van der Waals surface area contributed by atoms with Gasteiger partial charge in [-0.15, -0.1) is 0 Å². The van der Waals surface area contributed by atoms with Crippen LogP contribution in [-0.2, 0) is 13.0 Å². The number of benzene rings is 1. The number of nitrogens with zero attached hydrogens (tertiary/aromatic N) is 2. The number of fused-ring (bicyclic) bond motifs is 1. The van der Waals surface area contributed by atoms with Crippen molar-refractivity contribution in [3.63, 3.8) is 0 Å². The standard InChI is InChI=1S/C15H17N3O2/c1-2-16-12-8-15(19)18(17-9-12)10-13-7-11-5-3-4-6-14(11)20-13/h3-6,8-9,13,16H,2,7,10H2,1H3. The molecule has 104 valence electrons. The van der Waals surface area contributed by atoms with Gasteiger partial charge in [0, 0.05) is 19.0 Å². The first kappa shape index (κ1) is 12.7. The Morgan fingerprint density at radius 1 is 1.45 bits per heavy atom. The van der Waals surface area contributed by atoms with Crippen molar-refractivity contribution in [1.82, 2.24) is 9.78 Å². The summed E-state index contributed by atoms with van der Waals surface area (Å²) >= 11 is 0. The molecule has 0 spiro atoms. The lowest BCUT2D eigenvalue weighted by molar-refractivity contribution is 0.200. The van der Waals surface area contributed by atoms with Crippen LogP contribution in [0.25, 0.3) is 0 Å². The number of anilines is 1. The molecule has 1 aliphatic rings. The SMILES string of the molecule is CCNc1cnn(CC2Cc3ccccc3O2)c(=O)c1. The summed E-state index contributed by atoms with van der Waals surface area (Å²) in [7, 11) is 0. The first-order valence-corrected chi connectivity index (χ1v) is 6.82. The third-order valence-electron chi connectivity index (χ3n) is 3.34. The third kappa shape index (κ3) is 2.52. The highest BCUT2D eigenvalue weighted by Crippen LogP contribution is 2.28. The van der Waals surface area contributed by atoms with E-state index in [1.54, 1.807) is 12.3 Å². The van der Waals surface area contributed by atoms with Crippen molar-refractivity contribution in [2.24, 2.45) is 0 Å². The van der Waals surface area contributed by atoms with Crippen molar-refractivity contribution in [3.05, 3.63) is 52.4 Å². The molecule has 0 saturated carbocycles. The summed E-state index contributed by atoms with van der Waals surface area (Å²) in [6.07, 6.45) is 2.47. The van der Waals surface area contributed by atoms with E-state index in [0.29, 0.717) is 6.54 Å². The molecule has 1 atom stereocenters. The number of ether oxygens (including phenoxy) is 1. The molecule has 20 heavy (non-hydrogen) atoms. The van der Waals surface area contributed by atoms with Crippen molar-refractivity contribution < 1.29 is 4.74 Å². The highest BCUT2D eigenvalue weighted by molar-refractivity contribution is 5.39. The second-order valence-corrected chi connectivity index (χ2v) is 4.85. The van der Waals surface area contributed by atoms with E-state index in [0.717, 1.165) is 24.4 Å². The topological polar surface area (TPSA) is 56.1 Å². The van der Waals surface area contributed by atoms with Crippen LogP contribution in [0.4, 0.5) is 5.69 Å². The minimum Gasteiger partial charge on any atom is -0.488 e. The van der Waals surface area contributed by atoms with E-state index in [-0.39, 0.29) is 11.7 Å². The van der Waals surface area contributed by atoms with Crippen molar-refractivity contribution >= 4 is 5.69 Å². The van der Waals surface area contributed by atoms with Gasteiger partial charge < -0.3 is 10.1 Å². The van der Waals surface area contributed by atoms with Gasteiger partial charge in [0.05, 0.1) is 18.4 Å². The smallest absolute Gasteiger partial charge is 0.268 e. The lowest BCUT2D eigenvalue weighted by Gasteiger charge is -2.12. The molecule has 0 fully saturated rings. The van der Waals surface area contributed by atoms with E-state index in [9.17, 15) is 4.79 Å². The van der Waals surface area contributed by atoms with E-state index in [2.05, 4.69) is 16.5 Å². The number of hydrogen-bond acceptors (Lipinski definition) is 4. The van der Waals surface area contributed by atoms with Crippen LogP contribution in [-0.4, -0.2) is 22.4 Å². The minimum absolute atomic E-state index is 0.0254. The van der Waals surface area contributed by atoms with Gasteiger partial charge in [0.1, 0.15) is 11.9 Å². The van der Waals surface area contributed by atoms with E-state index >= 15 is 0 Å². The maximum absolute atomic E-state index is 12.0. The van der Waals surface area contributed by atoms with Gasteiger partial charge in [0.25, 0.3) is 5.56 Å². The molecule has 0 saturated heterocycles. The fourth-order valence-corrected chi connectivity index (χ4v) is 2.42. The number of hydrogen-bond donors (Lipinski definition) is 1. The predicted octanol–water partition coefficient (Wildman–Crippen LogP) is 1.68. The molecule has 3 rings (SSSR count). The number of rotatable bonds is 4. The van der Waals surface area contributed by atoms with E-state index in [1.165, 1.54) is 10.2 Å². The quantitative estimate of drug-likeness (QED) is 0.919. The van der Waals surface area contributed by atoms with Gasteiger partial charge in [0.2, 0.25) is 0 Å². The zero-order valence-electron chi connectivity index (χ0n) is 11.4. The Labute approximate surface area is 117 Å². The van der Waals surface area contributed by atoms with Gasteiger partial charge in [-0.2, -0.15) is 5.10 Å². The normalized spacial score (nSPS) is 16.6. The highest BCUT2D eigenvalue weighted by Gasteiger charge is 2.23.